The topological polar surface area (TPSA) is 62.3 Å². The highest BCUT2D eigenvalue weighted by atomic mass is 35.5. The number of halogens is 1. The molecule has 3 saturated heterocycles. The van der Waals surface area contributed by atoms with Crippen molar-refractivity contribution >= 4 is 17.6 Å². The fourth-order valence-electron chi connectivity index (χ4n) is 7.60. The average Bonchev–Trinajstić information content (AvgIpc) is 3.47. The van der Waals surface area contributed by atoms with Gasteiger partial charge in [-0.1, -0.05) is 30.7 Å². The summed E-state index contributed by atoms with van der Waals surface area (Å²) in [5.74, 6) is 0.797. The monoisotopic (exact) mass is 459 g/mol. The third-order valence-corrected chi connectivity index (χ3v) is 9.85. The van der Waals surface area contributed by atoms with Gasteiger partial charge in [0.15, 0.2) is 0 Å². The van der Waals surface area contributed by atoms with Gasteiger partial charge in [-0.05, 0) is 74.0 Å². The van der Waals surface area contributed by atoms with Gasteiger partial charge in [0.1, 0.15) is 6.10 Å². The predicted octanol–water partition coefficient (Wildman–Crippen LogP) is 4.15. The Morgan fingerprint density at radius 3 is 2.56 bits per heavy atom. The van der Waals surface area contributed by atoms with Crippen LogP contribution in [0.3, 0.4) is 0 Å². The number of benzene rings is 1. The summed E-state index contributed by atoms with van der Waals surface area (Å²) >= 11 is 6.02. The number of likely N-dealkylation sites (tertiary alicyclic amines) is 1. The molecule has 3 heterocycles. The van der Waals surface area contributed by atoms with E-state index in [2.05, 4.69) is 11.8 Å². The SMILES string of the molecule is C[C@]12CCC[C@@]3(CO3)[C@H]1C[C@H]1[C@@H](C2)OC(=O)[C@@H]1CN1CCC(O)(c2ccc(Cl)cc2)CC1. The van der Waals surface area contributed by atoms with Crippen LogP contribution >= 0.6 is 11.6 Å². The predicted molar refractivity (Wildman–Crippen MR) is 121 cm³/mol. The van der Waals surface area contributed by atoms with Gasteiger partial charge in [-0.25, -0.2) is 0 Å². The second kappa shape index (κ2) is 7.43. The van der Waals surface area contributed by atoms with E-state index in [9.17, 15) is 9.90 Å². The summed E-state index contributed by atoms with van der Waals surface area (Å²) in [5, 5.41) is 11.9. The van der Waals surface area contributed by atoms with Crippen molar-refractivity contribution in [2.45, 2.75) is 69.2 Å². The largest absolute Gasteiger partial charge is 0.462 e. The normalized spacial score (nSPS) is 42.9. The van der Waals surface area contributed by atoms with Crippen molar-refractivity contribution in [3.63, 3.8) is 0 Å². The van der Waals surface area contributed by atoms with Crippen LogP contribution in [0.2, 0.25) is 5.02 Å². The Morgan fingerprint density at radius 1 is 1.16 bits per heavy atom. The fraction of sp³-hybridized carbons (Fsp3) is 0.731. The molecule has 1 spiro atoms. The highest BCUT2D eigenvalue weighted by Crippen LogP contribution is 2.62. The molecular formula is C26H34ClNO4. The number of carbonyl (C=O) groups is 1. The van der Waals surface area contributed by atoms with Crippen molar-refractivity contribution in [3.8, 4) is 0 Å². The molecule has 0 unspecified atom stereocenters. The van der Waals surface area contributed by atoms with Crippen molar-refractivity contribution in [3.05, 3.63) is 34.9 Å². The molecule has 1 aromatic carbocycles. The molecule has 1 aromatic rings. The van der Waals surface area contributed by atoms with Crippen molar-refractivity contribution in [1.29, 1.82) is 0 Å². The van der Waals surface area contributed by atoms with E-state index < -0.39 is 5.60 Å². The molecule has 5 nitrogen and oxygen atoms in total. The molecule has 0 amide bonds. The van der Waals surface area contributed by atoms with E-state index in [1.54, 1.807) is 0 Å². The van der Waals surface area contributed by atoms with E-state index in [0.717, 1.165) is 44.6 Å². The Labute approximate surface area is 195 Å². The highest BCUT2D eigenvalue weighted by Gasteiger charge is 2.65. The third-order valence-electron chi connectivity index (χ3n) is 9.60. The third kappa shape index (κ3) is 3.43. The minimum atomic E-state index is -0.815. The maximum atomic E-state index is 12.9. The summed E-state index contributed by atoms with van der Waals surface area (Å²) in [4.78, 5) is 15.3. The number of hydrogen-bond donors (Lipinski definition) is 1. The first-order chi connectivity index (χ1) is 15.3. The molecule has 32 heavy (non-hydrogen) atoms. The smallest absolute Gasteiger partial charge is 0.310 e. The summed E-state index contributed by atoms with van der Waals surface area (Å²) in [6.45, 7) is 5.62. The fourth-order valence-corrected chi connectivity index (χ4v) is 7.72. The number of carbonyl (C=O) groups excluding carboxylic acids is 1. The number of esters is 1. The second-order valence-electron chi connectivity index (χ2n) is 11.4. The Morgan fingerprint density at radius 2 is 1.88 bits per heavy atom. The lowest BCUT2D eigenvalue weighted by Gasteiger charge is -2.51. The van der Waals surface area contributed by atoms with E-state index >= 15 is 0 Å². The van der Waals surface area contributed by atoms with Crippen molar-refractivity contribution in [2.24, 2.45) is 23.2 Å². The average molecular weight is 460 g/mol. The van der Waals surface area contributed by atoms with Crippen LogP contribution in [-0.4, -0.2) is 53.9 Å². The van der Waals surface area contributed by atoms with Gasteiger partial charge in [-0.2, -0.15) is 0 Å². The molecule has 2 aliphatic carbocycles. The van der Waals surface area contributed by atoms with Gasteiger partial charge in [0, 0.05) is 30.6 Å². The zero-order chi connectivity index (χ0) is 22.1. The summed E-state index contributed by atoms with van der Waals surface area (Å²) in [5.41, 5.74) is 0.449. The number of nitrogens with zero attached hydrogens (tertiary/aromatic N) is 1. The van der Waals surface area contributed by atoms with E-state index in [1.807, 2.05) is 24.3 Å². The van der Waals surface area contributed by atoms with Gasteiger partial charge in [0.05, 0.1) is 23.7 Å². The Balaban J connectivity index is 1.13. The minimum Gasteiger partial charge on any atom is -0.462 e. The van der Waals surface area contributed by atoms with Gasteiger partial charge in [-0.3, -0.25) is 4.79 Å². The second-order valence-corrected chi connectivity index (χ2v) is 11.9. The molecule has 0 radical (unpaired) electrons. The standard InChI is InChI=1S/C26H34ClNO4/c1-24-7-2-8-26(16-31-26)22(24)13-19-20(23(29)32-21(19)14-24)15-28-11-9-25(30,10-12-28)17-3-5-18(27)6-4-17/h3-6,19-22,30H,2,7-16H2,1H3/t19-,20-,21-,22+,24-,26-/m1/s1. The first-order valence-corrected chi connectivity index (χ1v) is 12.7. The Kier molecular flexibility index (Phi) is 4.97. The number of rotatable bonds is 3. The molecule has 6 rings (SSSR count). The molecule has 5 fully saturated rings. The summed E-state index contributed by atoms with van der Waals surface area (Å²) in [7, 11) is 0. The van der Waals surface area contributed by atoms with Crippen molar-refractivity contribution in [2.75, 3.05) is 26.2 Å². The number of ether oxygens (including phenoxy) is 2. The van der Waals surface area contributed by atoms with Crippen molar-refractivity contribution in [1.82, 2.24) is 4.90 Å². The lowest BCUT2D eigenvalue weighted by molar-refractivity contribution is -0.147. The number of piperidine rings is 1. The Hall–Kier alpha value is -1.14. The van der Waals surface area contributed by atoms with Gasteiger partial charge in [0.2, 0.25) is 0 Å². The molecule has 0 aromatic heterocycles. The molecule has 1 N–H and O–H groups in total. The number of epoxide rings is 1. The molecule has 6 atom stereocenters. The van der Waals surface area contributed by atoms with Crippen LogP contribution in [0.1, 0.15) is 57.4 Å². The molecule has 3 aliphatic heterocycles. The van der Waals surface area contributed by atoms with Crippen LogP contribution in [-0.2, 0) is 19.9 Å². The van der Waals surface area contributed by atoms with E-state index in [4.69, 9.17) is 21.1 Å². The van der Waals surface area contributed by atoms with Crippen LogP contribution < -0.4 is 0 Å². The minimum absolute atomic E-state index is 0.00783. The van der Waals surface area contributed by atoms with Gasteiger partial charge >= 0.3 is 5.97 Å². The van der Waals surface area contributed by atoms with Crippen LogP contribution in [0.4, 0.5) is 0 Å². The van der Waals surface area contributed by atoms with Crippen LogP contribution in [0.25, 0.3) is 0 Å². The molecule has 0 bridgehead atoms. The molecule has 174 valence electrons. The lowest BCUT2D eigenvalue weighted by Crippen LogP contribution is -2.51. The molecule has 6 heteroatoms. The number of hydrogen-bond acceptors (Lipinski definition) is 5. The summed E-state index contributed by atoms with van der Waals surface area (Å²) in [6.07, 6.45) is 7.09. The zero-order valence-corrected chi connectivity index (χ0v) is 19.7. The molecule has 5 aliphatic rings. The summed E-state index contributed by atoms with van der Waals surface area (Å²) < 4.78 is 12.0. The Bertz CT molecular complexity index is 892. The first kappa shape index (κ1) is 21.4. The molecular weight excluding hydrogens is 426 g/mol. The lowest BCUT2D eigenvalue weighted by atomic mass is 9.53. The zero-order valence-electron chi connectivity index (χ0n) is 18.9. The quantitative estimate of drug-likeness (QED) is 0.543. The van der Waals surface area contributed by atoms with Crippen LogP contribution in [0, 0.1) is 23.2 Å². The maximum absolute atomic E-state index is 12.9. The van der Waals surface area contributed by atoms with Gasteiger partial charge in [-0.15, -0.1) is 0 Å². The van der Waals surface area contributed by atoms with Gasteiger partial charge in [0.25, 0.3) is 0 Å². The van der Waals surface area contributed by atoms with Crippen LogP contribution in [0.5, 0.6) is 0 Å². The molecule has 2 saturated carbocycles. The first-order valence-electron chi connectivity index (χ1n) is 12.4. The summed E-state index contributed by atoms with van der Waals surface area (Å²) in [6, 6.07) is 7.54. The highest BCUT2D eigenvalue weighted by molar-refractivity contribution is 6.30. The van der Waals surface area contributed by atoms with Crippen molar-refractivity contribution < 1.29 is 19.4 Å². The number of aliphatic hydroxyl groups is 1. The van der Waals surface area contributed by atoms with E-state index in [-0.39, 0.29) is 29.0 Å². The van der Waals surface area contributed by atoms with E-state index in [0.29, 0.717) is 29.7 Å². The van der Waals surface area contributed by atoms with E-state index in [1.165, 1.54) is 19.3 Å². The number of fused-ring (bicyclic) bond motifs is 3. The maximum Gasteiger partial charge on any atom is 0.310 e. The van der Waals surface area contributed by atoms with Crippen LogP contribution in [0.15, 0.2) is 24.3 Å². The van der Waals surface area contributed by atoms with Gasteiger partial charge < -0.3 is 19.5 Å².